The average Bonchev–Trinajstić information content (AvgIpc) is 3.69. The molecule has 0 radical (unpaired) electrons. The van der Waals surface area contributed by atoms with Gasteiger partial charge in [-0.3, -0.25) is 9.80 Å². The highest BCUT2D eigenvalue weighted by Gasteiger charge is 2.57. The highest BCUT2D eigenvalue weighted by Crippen LogP contribution is 2.55. The Morgan fingerprint density at radius 1 is 0.740 bits per heavy atom. The molecule has 2 saturated carbocycles. The summed E-state index contributed by atoms with van der Waals surface area (Å²) in [4.78, 5) is 47.1. The normalized spacial score (nSPS) is 26.0. The van der Waals surface area contributed by atoms with Crippen LogP contribution in [0.5, 0.6) is 0 Å². The van der Waals surface area contributed by atoms with Crippen molar-refractivity contribution in [3.63, 3.8) is 0 Å². The number of ether oxygens (including phenoxy) is 2. The van der Waals surface area contributed by atoms with Gasteiger partial charge >= 0.3 is 12.2 Å². The van der Waals surface area contributed by atoms with Crippen molar-refractivity contribution in [1.29, 1.82) is 0 Å². The Kier molecular flexibility index (Phi) is 6.78. The molecular weight excluding hydrogens is 628 g/mol. The zero-order valence-electron chi connectivity index (χ0n) is 29.6. The number of nitrogens with zero attached hydrogens (tertiary/aromatic N) is 4. The van der Waals surface area contributed by atoms with Crippen LogP contribution in [0, 0.1) is 23.7 Å². The van der Waals surface area contributed by atoms with Crippen molar-refractivity contribution in [2.75, 3.05) is 0 Å². The summed E-state index contributed by atoms with van der Waals surface area (Å²) in [5.74, 6) is 9.45. The van der Waals surface area contributed by atoms with Crippen molar-refractivity contribution in [1.82, 2.24) is 29.7 Å². The minimum Gasteiger partial charge on any atom is -0.444 e. The van der Waals surface area contributed by atoms with Gasteiger partial charge in [-0.1, -0.05) is 17.9 Å². The Hall–Kier alpha value is -4.78. The molecule has 2 aromatic heterocycles. The molecule has 2 amide bonds. The van der Waals surface area contributed by atoms with Crippen LogP contribution in [0.4, 0.5) is 9.59 Å². The fourth-order valence-corrected chi connectivity index (χ4v) is 8.32. The van der Waals surface area contributed by atoms with E-state index >= 15 is 0 Å². The van der Waals surface area contributed by atoms with Crippen LogP contribution < -0.4 is 0 Å². The highest BCUT2D eigenvalue weighted by molar-refractivity contribution is 5.78. The van der Waals surface area contributed by atoms with Crippen LogP contribution in [0.2, 0.25) is 0 Å². The van der Waals surface area contributed by atoms with Gasteiger partial charge in [-0.05, 0) is 128 Å². The summed E-state index contributed by atoms with van der Waals surface area (Å²) in [5, 5.41) is 0. The van der Waals surface area contributed by atoms with Crippen LogP contribution in [0.1, 0.15) is 113 Å². The third kappa shape index (κ3) is 5.61. The van der Waals surface area contributed by atoms with Crippen molar-refractivity contribution in [3.8, 4) is 23.1 Å². The molecule has 3 aliphatic carbocycles. The van der Waals surface area contributed by atoms with Gasteiger partial charge in [0, 0.05) is 34.5 Å². The largest absolute Gasteiger partial charge is 0.444 e. The number of hydrogen-bond acceptors (Lipinski definition) is 6. The molecule has 10 nitrogen and oxygen atoms in total. The van der Waals surface area contributed by atoms with Gasteiger partial charge in [0.15, 0.2) is 0 Å². The summed E-state index contributed by atoms with van der Waals surface area (Å²) in [6.07, 6.45) is 5.18. The lowest BCUT2D eigenvalue weighted by Crippen LogP contribution is -2.38. The number of amides is 2. The van der Waals surface area contributed by atoms with Crippen molar-refractivity contribution in [2.45, 2.75) is 115 Å². The van der Waals surface area contributed by atoms with E-state index in [-0.39, 0.29) is 36.4 Å². The molecule has 2 N–H and O–H groups in total. The molecule has 0 bridgehead atoms. The number of aromatic amines is 2. The number of H-pyrrole nitrogens is 2. The van der Waals surface area contributed by atoms with Crippen LogP contribution in [-0.4, -0.2) is 65.2 Å². The topological polar surface area (TPSA) is 116 Å². The molecule has 258 valence electrons. The Morgan fingerprint density at radius 3 is 1.94 bits per heavy atom. The summed E-state index contributed by atoms with van der Waals surface area (Å²) in [6.45, 7) is 11.5. The number of aromatic nitrogens is 4. The number of carbonyl (C=O) groups is 2. The van der Waals surface area contributed by atoms with Crippen LogP contribution in [-0.2, 0) is 22.3 Å². The van der Waals surface area contributed by atoms with Gasteiger partial charge < -0.3 is 19.4 Å². The Labute approximate surface area is 292 Å². The maximum Gasteiger partial charge on any atom is 0.411 e. The standard InChI is InChI=1S/C40H44N6O4/c1-39(2,3)49-37(47)45-30-17-24(30)19-32(45)35-41-27-13-10-22(16-29(27)43-35)8-7-21-9-12-26-23(15-21)11-14-28-34(26)44-36(42-28)33-20-25-18-31(25)46(33)38(48)50-40(4,5)6/h9-10,12-13,15-16,24-25,30-33H,11,14,17-20H2,1-6H3,(H,41,43)(H,42,44)/t24-,25-,30-,31-,32+,33+/m1/s1. The molecule has 6 atom stereocenters. The van der Waals surface area contributed by atoms with E-state index in [0.717, 1.165) is 89.3 Å². The minimum atomic E-state index is -0.540. The third-order valence-electron chi connectivity index (χ3n) is 10.7. The van der Waals surface area contributed by atoms with E-state index in [1.54, 1.807) is 0 Å². The lowest BCUT2D eigenvalue weighted by molar-refractivity contribution is 0.0164. The zero-order chi connectivity index (χ0) is 34.7. The molecule has 4 aromatic rings. The average molecular weight is 673 g/mol. The lowest BCUT2D eigenvalue weighted by atomic mass is 9.91. The van der Waals surface area contributed by atoms with Crippen LogP contribution >= 0.6 is 0 Å². The zero-order valence-corrected chi connectivity index (χ0v) is 29.6. The molecule has 2 aliphatic heterocycles. The second kappa shape index (κ2) is 10.9. The fourth-order valence-electron chi connectivity index (χ4n) is 8.32. The summed E-state index contributed by atoms with van der Waals surface area (Å²) < 4.78 is 11.5. The predicted octanol–water partition coefficient (Wildman–Crippen LogP) is 7.59. The number of likely N-dealkylation sites (tertiary alicyclic amines) is 2. The molecule has 50 heavy (non-hydrogen) atoms. The number of imidazole rings is 2. The smallest absolute Gasteiger partial charge is 0.411 e. The quantitative estimate of drug-likeness (QED) is 0.212. The van der Waals surface area contributed by atoms with Crippen LogP contribution in [0.3, 0.4) is 0 Å². The third-order valence-corrected chi connectivity index (χ3v) is 10.7. The van der Waals surface area contributed by atoms with E-state index in [1.165, 1.54) is 5.56 Å². The molecule has 9 rings (SSSR count). The number of hydrogen-bond donors (Lipinski definition) is 2. The van der Waals surface area contributed by atoms with Crippen LogP contribution in [0.15, 0.2) is 36.4 Å². The van der Waals surface area contributed by atoms with Gasteiger partial charge in [0.2, 0.25) is 0 Å². The first-order chi connectivity index (χ1) is 23.8. The number of rotatable bonds is 2. The van der Waals surface area contributed by atoms with E-state index in [9.17, 15) is 9.59 Å². The molecule has 4 heterocycles. The van der Waals surface area contributed by atoms with Crippen molar-refractivity contribution in [2.24, 2.45) is 11.8 Å². The van der Waals surface area contributed by atoms with Gasteiger partial charge in [0.05, 0.1) is 28.8 Å². The van der Waals surface area contributed by atoms with Crippen LogP contribution in [0.25, 0.3) is 22.3 Å². The molecule has 4 fully saturated rings. The van der Waals surface area contributed by atoms with Gasteiger partial charge in [0.25, 0.3) is 0 Å². The van der Waals surface area contributed by atoms with E-state index in [4.69, 9.17) is 19.4 Å². The summed E-state index contributed by atoms with van der Waals surface area (Å²) >= 11 is 0. The number of carbonyl (C=O) groups excluding carboxylic acids is 2. The Balaban J connectivity index is 0.925. The maximum atomic E-state index is 13.2. The Bertz CT molecular complexity index is 2120. The van der Waals surface area contributed by atoms with E-state index in [1.807, 2.05) is 69.5 Å². The minimum absolute atomic E-state index is 0.0798. The van der Waals surface area contributed by atoms with Gasteiger partial charge in [-0.25, -0.2) is 19.6 Å². The van der Waals surface area contributed by atoms with E-state index in [0.29, 0.717) is 11.8 Å². The second-order valence-corrected chi connectivity index (χ2v) is 16.8. The highest BCUT2D eigenvalue weighted by atomic mass is 16.6. The summed E-state index contributed by atoms with van der Waals surface area (Å²) in [7, 11) is 0. The SMILES string of the molecule is CC(C)(C)OC(=O)N1[C@@H]2C[C@@H]2C[C@H]1c1nc2c([nH]1)CCc1cc(C#Cc3ccc4nc([C@@H]5C[C@H]6C[C@H]6N5C(=O)OC(C)(C)C)[nH]c4c3)ccc1-2. The summed E-state index contributed by atoms with van der Waals surface area (Å²) in [6, 6.07) is 12.7. The van der Waals surface area contributed by atoms with Crippen molar-refractivity contribution in [3.05, 3.63) is 70.4 Å². The molecule has 0 spiro atoms. The van der Waals surface area contributed by atoms with E-state index < -0.39 is 11.2 Å². The Morgan fingerprint density at radius 2 is 1.32 bits per heavy atom. The predicted molar refractivity (Wildman–Crippen MR) is 188 cm³/mol. The molecule has 10 heteroatoms. The van der Waals surface area contributed by atoms with E-state index in [2.05, 4.69) is 40.0 Å². The van der Waals surface area contributed by atoms with Gasteiger partial charge in [-0.15, -0.1) is 0 Å². The maximum absolute atomic E-state index is 13.2. The number of piperidine rings is 2. The number of fused-ring (bicyclic) bond motifs is 6. The molecule has 2 aromatic carbocycles. The number of aryl methyl sites for hydroxylation is 2. The number of nitrogens with one attached hydrogen (secondary N) is 2. The first-order valence-electron chi connectivity index (χ1n) is 18.0. The van der Waals surface area contributed by atoms with Crippen molar-refractivity contribution < 1.29 is 19.1 Å². The molecule has 5 aliphatic rings. The molecular formula is C40H44N6O4. The second-order valence-electron chi connectivity index (χ2n) is 16.8. The fraction of sp³-hybridized carbons (Fsp3) is 0.500. The first kappa shape index (κ1) is 31.2. The monoisotopic (exact) mass is 672 g/mol. The number of benzene rings is 2. The van der Waals surface area contributed by atoms with Crippen molar-refractivity contribution >= 4 is 23.2 Å². The lowest BCUT2D eigenvalue weighted by Gasteiger charge is -2.29. The van der Waals surface area contributed by atoms with Gasteiger partial charge in [0.1, 0.15) is 22.9 Å². The summed E-state index contributed by atoms with van der Waals surface area (Å²) in [5.41, 5.74) is 7.03. The first-order valence-corrected chi connectivity index (χ1v) is 18.0. The molecule has 2 saturated heterocycles. The van der Waals surface area contributed by atoms with Gasteiger partial charge in [-0.2, -0.15) is 0 Å². The molecule has 0 unspecified atom stereocenters.